The maximum absolute atomic E-state index is 12.5. The van der Waals surface area contributed by atoms with Gasteiger partial charge in [0.15, 0.2) is 11.6 Å². The Morgan fingerprint density at radius 1 is 0.900 bits per heavy atom. The van der Waals surface area contributed by atoms with Crippen LogP contribution < -0.4 is 29.6 Å². The molecule has 0 amide bonds. The Labute approximate surface area is 155 Å². The monoisotopic (exact) mass is 418 g/mol. The van der Waals surface area contributed by atoms with Gasteiger partial charge in [-0.25, -0.2) is 8.78 Å². The van der Waals surface area contributed by atoms with Gasteiger partial charge in [0.25, 0.3) is 0 Å². The molecule has 2 aromatic carbocycles. The molecule has 0 atom stereocenters. The second-order valence-electron chi connectivity index (χ2n) is 3.49. The Morgan fingerprint density at radius 3 is 1.70 bits per heavy atom. The van der Waals surface area contributed by atoms with Crippen molar-refractivity contribution in [2.75, 3.05) is 0 Å². The van der Waals surface area contributed by atoms with Crippen molar-refractivity contribution in [3.63, 3.8) is 0 Å². The summed E-state index contributed by atoms with van der Waals surface area (Å²) in [5, 5.41) is 8.65. The summed E-state index contributed by atoms with van der Waals surface area (Å²) >= 11 is 6.20. The molecule has 2 rings (SSSR count). The van der Waals surface area contributed by atoms with Crippen LogP contribution in [0.3, 0.4) is 0 Å². The van der Waals surface area contributed by atoms with Crippen molar-refractivity contribution >= 4 is 31.9 Å². The molecule has 0 aliphatic carbocycles. The third kappa shape index (κ3) is 7.71. The quantitative estimate of drug-likeness (QED) is 0.664. The van der Waals surface area contributed by atoms with Crippen LogP contribution in [-0.2, 0) is 0 Å². The minimum atomic E-state index is -0.607. The van der Waals surface area contributed by atoms with Crippen molar-refractivity contribution in [2.45, 2.75) is 6.92 Å². The molecule has 2 N–H and O–H groups in total. The fraction of sp³-hybridized carbons (Fsp3) is 0.0769. The van der Waals surface area contributed by atoms with Crippen LogP contribution in [0.4, 0.5) is 8.78 Å². The first-order valence-electron chi connectivity index (χ1n) is 4.96. The van der Waals surface area contributed by atoms with Crippen LogP contribution in [0.1, 0.15) is 5.56 Å². The van der Waals surface area contributed by atoms with E-state index < -0.39 is 5.82 Å². The number of aryl methyl sites for hydroxylation is 1. The van der Waals surface area contributed by atoms with Gasteiger partial charge in [0, 0.05) is 8.95 Å². The van der Waals surface area contributed by atoms with Crippen LogP contribution in [0.2, 0.25) is 0 Å². The van der Waals surface area contributed by atoms with Gasteiger partial charge in [0.1, 0.15) is 5.82 Å². The number of phenols is 1. The predicted octanol–water partition coefficient (Wildman–Crippen LogP) is 2.02. The van der Waals surface area contributed by atoms with E-state index >= 15 is 0 Å². The maximum atomic E-state index is 12.5. The zero-order valence-corrected chi connectivity index (χ0v) is 16.0. The van der Waals surface area contributed by atoms with Gasteiger partial charge in [-0.15, -0.1) is 0 Å². The number of aromatic hydroxyl groups is 1. The van der Waals surface area contributed by atoms with E-state index in [1.54, 1.807) is 19.1 Å². The Kier molecular flexibility index (Phi) is 11.9. The number of hydrogen-bond donors (Lipinski definition) is 1. The van der Waals surface area contributed by atoms with Crippen LogP contribution >= 0.6 is 31.9 Å². The first-order chi connectivity index (χ1) is 8.40. The maximum Gasteiger partial charge on any atom is 1.00 e. The molecule has 20 heavy (non-hydrogen) atoms. The Balaban J connectivity index is 0. The summed E-state index contributed by atoms with van der Waals surface area (Å²) in [5.74, 6) is -1.09. The predicted molar refractivity (Wildman–Crippen MR) is 76.5 cm³/mol. The van der Waals surface area contributed by atoms with Gasteiger partial charge in [-0.05, 0) is 42.8 Å². The van der Waals surface area contributed by atoms with E-state index in [1.807, 2.05) is 6.07 Å². The van der Waals surface area contributed by atoms with Crippen LogP contribution in [0.15, 0.2) is 45.3 Å². The van der Waals surface area contributed by atoms with E-state index in [0.29, 0.717) is 10.0 Å². The standard InChI is InChI=1S/C7H6BrF.C6H4BrFO.Na.H2O/c1-5-2-3-6(8)4-7(5)9;7-4-1-2-6(9)5(8)3-4;;/h2-4H,1H3;1-3,9H;;1H2/q;;+1;/p-1. The summed E-state index contributed by atoms with van der Waals surface area (Å²) < 4.78 is 26.3. The van der Waals surface area contributed by atoms with Gasteiger partial charge in [-0.1, -0.05) is 37.9 Å². The Hall–Kier alpha value is 0.0200. The zero-order chi connectivity index (χ0) is 13.7. The van der Waals surface area contributed by atoms with E-state index in [0.717, 1.165) is 4.47 Å². The van der Waals surface area contributed by atoms with Crippen molar-refractivity contribution in [2.24, 2.45) is 0 Å². The average molecular weight is 420 g/mol. The average Bonchev–Trinajstić information content (AvgIpc) is 2.30. The molecule has 0 radical (unpaired) electrons. The fourth-order valence-electron chi connectivity index (χ4n) is 1.05. The topological polar surface area (TPSA) is 50.2 Å². The Morgan fingerprint density at radius 2 is 1.35 bits per heavy atom. The summed E-state index contributed by atoms with van der Waals surface area (Å²) in [6.07, 6.45) is 0. The molecule has 104 valence electrons. The van der Waals surface area contributed by atoms with Crippen LogP contribution in [0.5, 0.6) is 5.75 Å². The van der Waals surface area contributed by atoms with Crippen molar-refractivity contribution in [1.82, 2.24) is 0 Å². The second kappa shape index (κ2) is 10.7. The van der Waals surface area contributed by atoms with Crippen LogP contribution in [0.25, 0.3) is 0 Å². The van der Waals surface area contributed by atoms with Gasteiger partial charge in [-0.3, -0.25) is 0 Å². The molecule has 0 bridgehead atoms. The summed E-state index contributed by atoms with van der Waals surface area (Å²) in [5.41, 5.74) is 0.679. The SMILES string of the molecule is Cc1ccc(Br)cc1F.Oc1ccc(Br)cc1F.[Na+].[OH-]. The molecule has 0 aromatic heterocycles. The molecule has 0 heterocycles. The second-order valence-corrected chi connectivity index (χ2v) is 5.32. The van der Waals surface area contributed by atoms with E-state index in [4.69, 9.17) is 5.11 Å². The molecule has 0 unspecified atom stereocenters. The molecular weight excluding hydrogens is 409 g/mol. The minimum Gasteiger partial charge on any atom is -0.870 e. The van der Waals surface area contributed by atoms with Gasteiger partial charge in [0.05, 0.1) is 0 Å². The summed E-state index contributed by atoms with van der Waals surface area (Å²) in [6.45, 7) is 1.74. The number of halogens is 4. The van der Waals surface area contributed by atoms with Gasteiger partial charge in [0.2, 0.25) is 0 Å². The first kappa shape index (κ1) is 22.3. The Bertz CT molecular complexity index is 504. The smallest absolute Gasteiger partial charge is 0.870 e. The molecule has 0 saturated carbocycles. The van der Waals surface area contributed by atoms with E-state index in [1.165, 1.54) is 18.2 Å². The van der Waals surface area contributed by atoms with Crippen molar-refractivity contribution < 1.29 is 48.9 Å². The van der Waals surface area contributed by atoms with Crippen LogP contribution in [-0.4, -0.2) is 10.6 Å². The summed E-state index contributed by atoms with van der Waals surface area (Å²) in [4.78, 5) is 0. The van der Waals surface area contributed by atoms with Crippen molar-refractivity contribution in [3.05, 3.63) is 62.5 Å². The fourth-order valence-corrected chi connectivity index (χ4v) is 1.71. The molecule has 0 aliphatic heterocycles. The third-order valence-electron chi connectivity index (χ3n) is 2.04. The van der Waals surface area contributed by atoms with Crippen LogP contribution in [0, 0.1) is 18.6 Å². The van der Waals surface area contributed by atoms with Gasteiger partial charge in [-0.2, -0.15) is 0 Å². The minimum absolute atomic E-state index is 0. The number of phenolic OH excluding ortho intramolecular Hbond substituents is 1. The van der Waals surface area contributed by atoms with Crippen molar-refractivity contribution in [1.29, 1.82) is 0 Å². The van der Waals surface area contributed by atoms with E-state index in [-0.39, 0.29) is 46.6 Å². The van der Waals surface area contributed by atoms with Crippen molar-refractivity contribution in [3.8, 4) is 5.75 Å². The normalized spacial score (nSPS) is 8.65. The molecule has 0 aliphatic rings. The molecular formula is C13H11Br2F2NaO2. The van der Waals surface area contributed by atoms with E-state index in [2.05, 4.69) is 31.9 Å². The number of benzene rings is 2. The van der Waals surface area contributed by atoms with Gasteiger partial charge < -0.3 is 10.6 Å². The molecule has 0 spiro atoms. The molecule has 7 heteroatoms. The van der Waals surface area contributed by atoms with E-state index in [9.17, 15) is 8.78 Å². The summed E-state index contributed by atoms with van der Waals surface area (Å²) in [6, 6.07) is 9.07. The zero-order valence-electron chi connectivity index (χ0n) is 10.9. The molecule has 0 saturated heterocycles. The molecule has 0 fully saturated rings. The largest absolute Gasteiger partial charge is 1.00 e. The first-order valence-corrected chi connectivity index (χ1v) is 6.54. The third-order valence-corrected chi connectivity index (χ3v) is 3.03. The number of rotatable bonds is 0. The summed E-state index contributed by atoms with van der Waals surface area (Å²) in [7, 11) is 0. The van der Waals surface area contributed by atoms with Gasteiger partial charge >= 0.3 is 29.6 Å². The number of hydrogen-bond acceptors (Lipinski definition) is 2. The molecule has 2 aromatic rings. The molecule has 2 nitrogen and oxygen atoms in total.